The Bertz CT molecular complexity index is 1210. The van der Waals surface area contributed by atoms with E-state index in [0.29, 0.717) is 11.5 Å². The van der Waals surface area contributed by atoms with E-state index in [1.54, 1.807) is 14.2 Å². The van der Waals surface area contributed by atoms with Crippen molar-refractivity contribution in [1.82, 2.24) is 9.80 Å². The summed E-state index contributed by atoms with van der Waals surface area (Å²) in [5.74, 6) is 0.864. The van der Waals surface area contributed by atoms with Crippen LogP contribution in [0.3, 0.4) is 0 Å². The Kier molecular flexibility index (Phi) is 8.74. The van der Waals surface area contributed by atoms with Gasteiger partial charge in [0, 0.05) is 38.2 Å². The summed E-state index contributed by atoms with van der Waals surface area (Å²) in [4.78, 5) is 10.6. The summed E-state index contributed by atoms with van der Waals surface area (Å²) in [6.07, 6.45) is 2.82. The first kappa shape index (κ1) is 27.1. The number of rotatable bonds is 10. The molecule has 2 aliphatic heterocycles. The molecule has 0 amide bonds. The van der Waals surface area contributed by atoms with Crippen LogP contribution >= 0.6 is 0 Å². The Hall–Kier alpha value is -3.49. The Morgan fingerprint density at radius 1 is 0.846 bits per heavy atom. The third-order valence-corrected chi connectivity index (χ3v) is 7.59. The van der Waals surface area contributed by atoms with Crippen LogP contribution in [0.15, 0.2) is 71.9 Å². The average Bonchev–Trinajstić information content (AvgIpc) is 3.44. The molecule has 6 nitrogen and oxygen atoms in total. The van der Waals surface area contributed by atoms with E-state index in [0.717, 1.165) is 74.4 Å². The predicted molar refractivity (Wildman–Crippen MR) is 147 cm³/mol. The lowest BCUT2D eigenvalue weighted by Crippen LogP contribution is -2.48. The summed E-state index contributed by atoms with van der Waals surface area (Å²) in [7, 11) is 3.25. The van der Waals surface area contributed by atoms with Crippen LogP contribution in [0.4, 0.5) is 8.78 Å². The quantitative estimate of drug-likeness (QED) is 0.335. The van der Waals surface area contributed by atoms with Gasteiger partial charge in [0.05, 0.1) is 26.0 Å². The maximum Gasteiger partial charge on any atom is 0.161 e. The Morgan fingerprint density at radius 3 is 2.05 bits per heavy atom. The van der Waals surface area contributed by atoms with Crippen LogP contribution in [0, 0.1) is 11.6 Å². The minimum absolute atomic E-state index is 0.0348. The van der Waals surface area contributed by atoms with E-state index in [4.69, 9.17) is 14.3 Å². The van der Waals surface area contributed by atoms with Crippen LogP contribution in [0.5, 0.6) is 11.5 Å². The molecule has 2 heterocycles. The lowest BCUT2D eigenvalue weighted by atomic mass is 9.96. The van der Waals surface area contributed by atoms with Crippen LogP contribution in [-0.4, -0.2) is 68.6 Å². The summed E-state index contributed by atoms with van der Waals surface area (Å²) in [6, 6.07) is 19.1. The molecule has 0 bridgehead atoms. The second kappa shape index (κ2) is 12.6. The van der Waals surface area contributed by atoms with Crippen molar-refractivity contribution in [1.29, 1.82) is 0 Å². The number of halogens is 2. The standard InChI is InChI=1S/C31H35F2N3O3/c1-37-29-14-9-24(20-30(29)38-2)28-21-27(39-34-28)4-3-15-35-16-18-36(19-17-35)31(22-5-10-25(32)11-6-22)23-7-12-26(33)13-8-23/h5-14,20,27,31H,3-4,15-19,21H2,1-2H3/t27-/m1/s1. The number of methoxy groups -OCH3 is 2. The topological polar surface area (TPSA) is 46.5 Å². The monoisotopic (exact) mass is 535 g/mol. The van der Waals surface area contributed by atoms with Crippen molar-refractivity contribution in [2.24, 2.45) is 5.16 Å². The van der Waals surface area contributed by atoms with Crippen LogP contribution in [0.2, 0.25) is 0 Å². The van der Waals surface area contributed by atoms with Crippen molar-refractivity contribution in [3.8, 4) is 11.5 Å². The molecule has 1 atom stereocenters. The highest BCUT2D eigenvalue weighted by molar-refractivity contribution is 6.01. The second-order valence-corrected chi connectivity index (χ2v) is 10.1. The van der Waals surface area contributed by atoms with Crippen molar-refractivity contribution in [3.63, 3.8) is 0 Å². The van der Waals surface area contributed by atoms with Crippen LogP contribution in [-0.2, 0) is 4.84 Å². The lowest BCUT2D eigenvalue weighted by Gasteiger charge is -2.40. The van der Waals surface area contributed by atoms with E-state index < -0.39 is 0 Å². The molecular formula is C31H35F2N3O3. The molecule has 0 saturated carbocycles. The van der Waals surface area contributed by atoms with Gasteiger partial charge in [-0.3, -0.25) is 4.90 Å². The third kappa shape index (κ3) is 6.57. The van der Waals surface area contributed by atoms with E-state index in [1.807, 2.05) is 42.5 Å². The Labute approximate surface area is 228 Å². The van der Waals surface area contributed by atoms with Gasteiger partial charge >= 0.3 is 0 Å². The van der Waals surface area contributed by atoms with Gasteiger partial charge in [0.25, 0.3) is 0 Å². The number of ether oxygens (including phenoxy) is 2. The zero-order chi connectivity index (χ0) is 27.2. The fraction of sp³-hybridized carbons (Fsp3) is 0.387. The van der Waals surface area contributed by atoms with Crippen molar-refractivity contribution in [2.75, 3.05) is 46.9 Å². The van der Waals surface area contributed by atoms with Crippen molar-refractivity contribution < 1.29 is 23.1 Å². The molecule has 3 aromatic carbocycles. The number of oxime groups is 1. The molecule has 0 aromatic heterocycles. The largest absolute Gasteiger partial charge is 0.493 e. The Morgan fingerprint density at radius 2 is 1.46 bits per heavy atom. The first-order valence-electron chi connectivity index (χ1n) is 13.5. The van der Waals surface area contributed by atoms with Gasteiger partial charge in [-0.2, -0.15) is 0 Å². The number of benzene rings is 3. The molecule has 39 heavy (non-hydrogen) atoms. The lowest BCUT2D eigenvalue weighted by molar-refractivity contribution is 0.0688. The summed E-state index contributed by atoms with van der Waals surface area (Å²) in [6.45, 7) is 4.64. The average molecular weight is 536 g/mol. The van der Waals surface area contributed by atoms with Crippen LogP contribution in [0.25, 0.3) is 0 Å². The molecule has 8 heteroatoms. The first-order chi connectivity index (χ1) is 19.0. The highest BCUT2D eigenvalue weighted by Gasteiger charge is 2.27. The summed E-state index contributed by atoms with van der Waals surface area (Å²) in [5.41, 5.74) is 3.95. The molecule has 0 unspecified atom stereocenters. The highest BCUT2D eigenvalue weighted by atomic mass is 19.1. The van der Waals surface area contributed by atoms with Gasteiger partial charge in [0.15, 0.2) is 11.5 Å². The number of hydrogen-bond acceptors (Lipinski definition) is 6. The molecular weight excluding hydrogens is 500 g/mol. The van der Waals surface area contributed by atoms with E-state index >= 15 is 0 Å². The molecule has 1 fully saturated rings. The van der Waals surface area contributed by atoms with Crippen LogP contribution < -0.4 is 9.47 Å². The smallest absolute Gasteiger partial charge is 0.161 e. The minimum Gasteiger partial charge on any atom is -0.493 e. The zero-order valence-electron chi connectivity index (χ0n) is 22.5. The summed E-state index contributed by atoms with van der Waals surface area (Å²) in [5, 5.41) is 4.33. The van der Waals surface area contributed by atoms with Gasteiger partial charge in [-0.1, -0.05) is 29.4 Å². The fourth-order valence-electron chi connectivity index (χ4n) is 5.46. The molecule has 2 aliphatic rings. The normalized spacial score (nSPS) is 18.2. The fourth-order valence-corrected chi connectivity index (χ4v) is 5.46. The van der Waals surface area contributed by atoms with Crippen LogP contribution in [0.1, 0.15) is 42.0 Å². The second-order valence-electron chi connectivity index (χ2n) is 10.1. The predicted octanol–water partition coefficient (Wildman–Crippen LogP) is 5.66. The SMILES string of the molecule is COc1ccc(C2=NO[C@H](CCCN3CCN(C(c4ccc(F)cc4)c4ccc(F)cc4)CC3)C2)cc1OC. The molecule has 0 N–H and O–H groups in total. The minimum atomic E-state index is -0.256. The van der Waals surface area contributed by atoms with E-state index in [2.05, 4.69) is 15.0 Å². The van der Waals surface area contributed by atoms with Gasteiger partial charge in [-0.25, -0.2) is 8.78 Å². The molecule has 0 radical (unpaired) electrons. The Balaban J connectivity index is 1.11. The number of nitrogens with zero attached hydrogens (tertiary/aromatic N) is 3. The van der Waals surface area contributed by atoms with E-state index in [1.165, 1.54) is 24.3 Å². The third-order valence-electron chi connectivity index (χ3n) is 7.59. The van der Waals surface area contributed by atoms with Gasteiger partial charge in [0.1, 0.15) is 17.7 Å². The molecule has 0 aliphatic carbocycles. The van der Waals surface area contributed by atoms with Gasteiger partial charge in [0.2, 0.25) is 0 Å². The molecule has 206 valence electrons. The summed E-state index contributed by atoms with van der Waals surface area (Å²) >= 11 is 0. The summed E-state index contributed by atoms with van der Waals surface area (Å²) < 4.78 is 37.9. The molecule has 5 rings (SSSR count). The van der Waals surface area contributed by atoms with Crippen molar-refractivity contribution in [2.45, 2.75) is 31.4 Å². The highest BCUT2D eigenvalue weighted by Crippen LogP contribution is 2.31. The van der Waals surface area contributed by atoms with E-state index in [9.17, 15) is 8.78 Å². The zero-order valence-corrected chi connectivity index (χ0v) is 22.5. The van der Waals surface area contributed by atoms with Gasteiger partial charge in [-0.05, 0) is 73.0 Å². The maximum atomic E-state index is 13.6. The molecule has 1 saturated heterocycles. The van der Waals surface area contributed by atoms with Gasteiger partial charge in [-0.15, -0.1) is 0 Å². The van der Waals surface area contributed by atoms with Crippen molar-refractivity contribution >= 4 is 5.71 Å². The molecule has 0 spiro atoms. The number of hydrogen-bond donors (Lipinski definition) is 0. The number of piperazine rings is 1. The van der Waals surface area contributed by atoms with E-state index in [-0.39, 0.29) is 23.8 Å². The maximum absolute atomic E-state index is 13.6. The van der Waals surface area contributed by atoms with Gasteiger partial charge < -0.3 is 19.2 Å². The van der Waals surface area contributed by atoms with Crippen molar-refractivity contribution in [3.05, 3.63) is 95.1 Å². The molecule has 3 aromatic rings. The first-order valence-corrected chi connectivity index (χ1v) is 13.5.